The van der Waals surface area contributed by atoms with Gasteiger partial charge in [0.05, 0.1) is 5.69 Å². The Morgan fingerprint density at radius 1 is 1.17 bits per heavy atom. The van der Waals surface area contributed by atoms with Crippen LogP contribution in [0.3, 0.4) is 0 Å². The van der Waals surface area contributed by atoms with E-state index in [2.05, 4.69) is 20.8 Å². The maximum Gasteiger partial charge on any atom is 0.262 e. The summed E-state index contributed by atoms with van der Waals surface area (Å²) in [6.07, 6.45) is 1.51. The van der Waals surface area contributed by atoms with Gasteiger partial charge in [-0.15, -0.1) is 5.10 Å². The SMILES string of the molecule is Cc1ccc(OCC(=O)Nc2ccc(C)c(-n3cnnn3)c2)cc1. The summed E-state index contributed by atoms with van der Waals surface area (Å²) >= 11 is 0. The van der Waals surface area contributed by atoms with Gasteiger partial charge in [0, 0.05) is 5.69 Å². The van der Waals surface area contributed by atoms with E-state index in [0.29, 0.717) is 11.4 Å². The predicted molar refractivity (Wildman–Crippen MR) is 89.2 cm³/mol. The number of ether oxygens (including phenoxy) is 1. The number of amides is 1. The molecule has 0 saturated carbocycles. The lowest BCUT2D eigenvalue weighted by Crippen LogP contribution is -2.20. The third-order valence-corrected chi connectivity index (χ3v) is 3.48. The van der Waals surface area contributed by atoms with E-state index in [4.69, 9.17) is 4.74 Å². The molecule has 0 unspecified atom stereocenters. The number of hydrogen-bond acceptors (Lipinski definition) is 5. The van der Waals surface area contributed by atoms with Gasteiger partial charge in [0.15, 0.2) is 6.61 Å². The number of carbonyl (C=O) groups excluding carboxylic acids is 1. The molecule has 0 radical (unpaired) electrons. The lowest BCUT2D eigenvalue weighted by Gasteiger charge is -2.10. The van der Waals surface area contributed by atoms with Crippen molar-refractivity contribution in [1.29, 1.82) is 0 Å². The number of nitrogens with one attached hydrogen (secondary N) is 1. The second kappa shape index (κ2) is 6.91. The average Bonchev–Trinajstić information content (AvgIpc) is 3.10. The van der Waals surface area contributed by atoms with Crippen LogP contribution < -0.4 is 10.1 Å². The number of nitrogens with zero attached hydrogens (tertiary/aromatic N) is 4. The summed E-state index contributed by atoms with van der Waals surface area (Å²) in [5.41, 5.74) is 3.60. The van der Waals surface area contributed by atoms with Crippen molar-refractivity contribution in [2.24, 2.45) is 0 Å². The second-order valence-corrected chi connectivity index (χ2v) is 5.41. The summed E-state index contributed by atoms with van der Waals surface area (Å²) in [6.45, 7) is 3.89. The number of hydrogen-bond donors (Lipinski definition) is 1. The van der Waals surface area contributed by atoms with Crippen molar-refractivity contribution < 1.29 is 9.53 Å². The molecule has 0 aliphatic carbocycles. The van der Waals surface area contributed by atoms with Crippen LogP contribution in [0.15, 0.2) is 48.8 Å². The molecule has 1 amide bonds. The monoisotopic (exact) mass is 323 g/mol. The van der Waals surface area contributed by atoms with Gasteiger partial charge >= 0.3 is 0 Å². The Balaban J connectivity index is 1.64. The molecule has 0 aliphatic rings. The molecule has 122 valence electrons. The molecule has 1 N–H and O–H groups in total. The van der Waals surface area contributed by atoms with E-state index in [9.17, 15) is 4.79 Å². The van der Waals surface area contributed by atoms with E-state index < -0.39 is 0 Å². The van der Waals surface area contributed by atoms with Crippen molar-refractivity contribution in [2.45, 2.75) is 13.8 Å². The van der Waals surface area contributed by atoms with Crippen LogP contribution in [0.5, 0.6) is 5.75 Å². The smallest absolute Gasteiger partial charge is 0.262 e. The van der Waals surface area contributed by atoms with Gasteiger partial charge in [0.1, 0.15) is 12.1 Å². The first-order valence-corrected chi connectivity index (χ1v) is 7.45. The third-order valence-electron chi connectivity index (χ3n) is 3.48. The molecular formula is C17H17N5O2. The molecule has 7 nitrogen and oxygen atoms in total. The fourth-order valence-corrected chi connectivity index (χ4v) is 2.19. The average molecular weight is 323 g/mol. The zero-order valence-corrected chi connectivity index (χ0v) is 13.4. The van der Waals surface area contributed by atoms with Gasteiger partial charge < -0.3 is 10.1 Å². The molecule has 1 heterocycles. The Bertz CT molecular complexity index is 829. The lowest BCUT2D eigenvalue weighted by molar-refractivity contribution is -0.118. The number of tetrazole rings is 1. The van der Waals surface area contributed by atoms with E-state index in [1.54, 1.807) is 4.68 Å². The fourth-order valence-electron chi connectivity index (χ4n) is 2.19. The minimum atomic E-state index is -0.234. The van der Waals surface area contributed by atoms with E-state index >= 15 is 0 Å². The van der Waals surface area contributed by atoms with Crippen molar-refractivity contribution in [3.05, 3.63) is 59.9 Å². The number of anilines is 1. The highest BCUT2D eigenvalue weighted by Gasteiger charge is 2.08. The van der Waals surface area contributed by atoms with Crippen molar-refractivity contribution >= 4 is 11.6 Å². The Hall–Kier alpha value is -3.22. The van der Waals surface area contributed by atoms with Gasteiger partial charge in [-0.05, 0) is 54.1 Å². The summed E-state index contributed by atoms with van der Waals surface area (Å²) in [5.74, 6) is 0.427. The summed E-state index contributed by atoms with van der Waals surface area (Å²) in [7, 11) is 0. The van der Waals surface area contributed by atoms with Gasteiger partial charge in [0.25, 0.3) is 5.91 Å². The first kappa shape index (κ1) is 15.7. The van der Waals surface area contributed by atoms with Gasteiger partial charge in [0.2, 0.25) is 0 Å². The number of aromatic nitrogens is 4. The lowest BCUT2D eigenvalue weighted by atomic mass is 10.2. The zero-order valence-electron chi connectivity index (χ0n) is 13.4. The Morgan fingerprint density at radius 3 is 2.67 bits per heavy atom. The van der Waals surface area contributed by atoms with Gasteiger partial charge in [-0.25, -0.2) is 4.68 Å². The summed E-state index contributed by atoms with van der Waals surface area (Å²) in [4.78, 5) is 12.1. The highest BCUT2D eigenvalue weighted by atomic mass is 16.5. The standard InChI is InChI=1S/C17H17N5O2/c1-12-3-7-15(8-4-12)24-10-17(23)19-14-6-5-13(2)16(9-14)22-11-18-20-21-22/h3-9,11H,10H2,1-2H3,(H,19,23). The molecule has 7 heteroatoms. The van der Waals surface area contributed by atoms with Crippen LogP contribution >= 0.6 is 0 Å². The summed E-state index contributed by atoms with van der Waals surface area (Å²) in [5, 5.41) is 13.9. The first-order valence-electron chi connectivity index (χ1n) is 7.45. The minimum Gasteiger partial charge on any atom is -0.484 e. The predicted octanol–water partition coefficient (Wildman–Crippen LogP) is 2.30. The van der Waals surface area contributed by atoms with E-state index in [1.807, 2.05) is 56.3 Å². The number of aryl methyl sites for hydroxylation is 2. The van der Waals surface area contributed by atoms with Crippen molar-refractivity contribution in [1.82, 2.24) is 20.2 Å². The van der Waals surface area contributed by atoms with Gasteiger partial charge in [-0.3, -0.25) is 4.79 Å². The zero-order chi connectivity index (χ0) is 16.9. The molecule has 24 heavy (non-hydrogen) atoms. The van der Waals surface area contributed by atoms with Crippen LogP contribution in [0.4, 0.5) is 5.69 Å². The van der Waals surface area contributed by atoms with Crippen molar-refractivity contribution in [2.75, 3.05) is 11.9 Å². The van der Waals surface area contributed by atoms with Gasteiger partial charge in [-0.2, -0.15) is 0 Å². The van der Waals surface area contributed by atoms with Crippen LogP contribution in [0.2, 0.25) is 0 Å². The molecule has 3 rings (SSSR count). The molecule has 1 aromatic heterocycles. The quantitative estimate of drug-likeness (QED) is 0.779. The second-order valence-electron chi connectivity index (χ2n) is 5.41. The fraction of sp³-hybridized carbons (Fsp3) is 0.176. The van der Waals surface area contributed by atoms with Crippen LogP contribution in [0.1, 0.15) is 11.1 Å². The molecule has 2 aromatic carbocycles. The number of carbonyl (C=O) groups is 1. The van der Waals surface area contributed by atoms with Gasteiger partial charge in [-0.1, -0.05) is 23.8 Å². The largest absolute Gasteiger partial charge is 0.484 e. The molecule has 0 fully saturated rings. The van der Waals surface area contributed by atoms with E-state index in [0.717, 1.165) is 16.8 Å². The normalized spacial score (nSPS) is 10.4. The van der Waals surface area contributed by atoms with Crippen LogP contribution in [-0.4, -0.2) is 32.7 Å². The number of benzene rings is 2. The summed E-state index contributed by atoms with van der Waals surface area (Å²) in [6, 6.07) is 13.1. The Labute approximate surface area is 139 Å². The molecule has 0 aliphatic heterocycles. The third kappa shape index (κ3) is 3.75. The topological polar surface area (TPSA) is 81.9 Å². The Kier molecular flexibility index (Phi) is 4.51. The van der Waals surface area contributed by atoms with Crippen LogP contribution in [0, 0.1) is 13.8 Å². The molecule has 0 saturated heterocycles. The summed E-state index contributed by atoms with van der Waals surface area (Å²) < 4.78 is 7.02. The molecule has 0 spiro atoms. The van der Waals surface area contributed by atoms with E-state index in [1.165, 1.54) is 6.33 Å². The molecule has 0 atom stereocenters. The molecule has 3 aromatic rings. The highest BCUT2D eigenvalue weighted by Crippen LogP contribution is 2.18. The minimum absolute atomic E-state index is 0.0584. The Morgan fingerprint density at radius 2 is 1.96 bits per heavy atom. The van der Waals surface area contributed by atoms with Crippen molar-refractivity contribution in [3.63, 3.8) is 0 Å². The van der Waals surface area contributed by atoms with Crippen molar-refractivity contribution in [3.8, 4) is 11.4 Å². The maximum absolute atomic E-state index is 12.1. The molecule has 0 bridgehead atoms. The first-order chi connectivity index (χ1) is 11.6. The number of rotatable bonds is 5. The highest BCUT2D eigenvalue weighted by molar-refractivity contribution is 5.92. The van der Waals surface area contributed by atoms with E-state index in [-0.39, 0.29) is 12.5 Å². The van der Waals surface area contributed by atoms with Crippen LogP contribution in [0.25, 0.3) is 5.69 Å². The molecular weight excluding hydrogens is 306 g/mol. The maximum atomic E-state index is 12.1. The van der Waals surface area contributed by atoms with Crippen LogP contribution in [-0.2, 0) is 4.79 Å².